The van der Waals surface area contributed by atoms with Crippen LogP contribution in [0.25, 0.3) is 10.8 Å². The number of rotatable bonds is 6. The van der Waals surface area contributed by atoms with Gasteiger partial charge in [0.15, 0.2) is 11.5 Å². The number of benzene rings is 3. The van der Waals surface area contributed by atoms with Crippen LogP contribution in [0.5, 0.6) is 17.2 Å². The monoisotopic (exact) mass is 308 g/mol. The minimum atomic E-state index is 0.465. The summed E-state index contributed by atoms with van der Waals surface area (Å²) in [6.45, 7) is 2.97. The molecule has 0 aliphatic heterocycles. The normalized spacial score (nSPS) is 10.5. The van der Waals surface area contributed by atoms with E-state index < -0.39 is 0 Å². The lowest BCUT2D eigenvalue weighted by molar-refractivity contribution is 0.211. The third-order valence-corrected chi connectivity index (χ3v) is 3.65. The van der Waals surface area contributed by atoms with E-state index in [1.54, 1.807) is 7.11 Å². The molecule has 0 aliphatic rings. The largest absolute Gasteiger partial charge is 0.493 e. The van der Waals surface area contributed by atoms with E-state index in [-0.39, 0.29) is 0 Å². The maximum Gasteiger partial charge on any atom is 0.161 e. The molecule has 3 aromatic carbocycles. The van der Waals surface area contributed by atoms with Gasteiger partial charge in [-0.15, -0.1) is 0 Å². The van der Waals surface area contributed by atoms with Gasteiger partial charge in [0.2, 0.25) is 0 Å². The first kappa shape index (κ1) is 15.2. The second-order valence-electron chi connectivity index (χ2n) is 5.36. The fourth-order valence-electron chi connectivity index (χ4n) is 2.46. The fraction of sp³-hybridized carbons (Fsp3) is 0.200. The van der Waals surface area contributed by atoms with E-state index in [1.165, 1.54) is 10.8 Å². The van der Waals surface area contributed by atoms with Crippen molar-refractivity contribution in [2.24, 2.45) is 0 Å². The zero-order chi connectivity index (χ0) is 16.1. The van der Waals surface area contributed by atoms with Crippen LogP contribution in [-0.4, -0.2) is 20.3 Å². The van der Waals surface area contributed by atoms with Crippen molar-refractivity contribution in [1.29, 1.82) is 0 Å². The predicted molar refractivity (Wildman–Crippen MR) is 92.7 cm³/mol. The zero-order valence-corrected chi connectivity index (χ0v) is 13.4. The molecule has 3 heteroatoms. The maximum absolute atomic E-state index is 5.77. The van der Waals surface area contributed by atoms with Crippen LogP contribution in [0.1, 0.15) is 5.56 Å². The molecule has 0 fully saturated rings. The van der Waals surface area contributed by atoms with Crippen molar-refractivity contribution in [1.82, 2.24) is 0 Å². The first-order chi connectivity index (χ1) is 11.3. The third-order valence-electron chi connectivity index (χ3n) is 3.65. The van der Waals surface area contributed by atoms with Gasteiger partial charge in [0.05, 0.1) is 7.11 Å². The van der Waals surface area contributed by atoms with Gasteiger partial charge in [0.25, 0.3) is 0 Å². The molecule has 0 amide bonds. The van der Waals surface area contributed by atoms with Crippen molar-refractivity contribution in [2.75, 3.05) is 20.3 Å². The number of aryl methyl sites for hydroxylation is 1. The summed E-state index contributed by atoms with van der Waals surface area (Å²) in [4.78, 5) is 0. The molecule has 0 aliphatic carbocycles. The summed E-state index contributed by atoms with van der Waals surface area (Å²) in [7, 11) is 1.65. The van der Waals surface area contributed by atoms with Gasteiger partial charge < -0.3 is 14.2 Å². The van der Waals surface area contributed by atoms with Gasteiger partial charge in [0.1, 0.15) is 19.0 Å². The summed E-state index contributed by atoms with van der Waals surface area (Å²) >= 11 is 0. The minimum absolute atomic E-state index is 0.465. The second-order valence-corrected chi connectivity index (χ2v) is 5.36. The standard InChI is InChI=1S/C20H20O3/c1-15-7-10-19(20(13-15)21-2)23-12-11-22-18-9-8-16-5-3-4-6-17(16)14-18/h3-10,13-14H,11-12H2,1-2H3. The van der Waals surface area contributed by atoms with Crippen LogP contribution in [0.4, 0.5) is 0 Å². The van der Waals surface area contributed by atoms with Gasteiger partial charge in [-0.25, -0.2) is 0 Å². The zero-order valence-electron chi connectivity index (χ0n) is 13.4. The van der Waals surface area contributed by atoms with E-state index in [0.29, 0.717) is 13.2 Å². The molecule has 0 saturated heterocycles. The molecule has 0 N–H and O–H groups in total. The average molecular weight is 308 g/mol. The molecule has 0 bridgehead atoms. The lowest BCUT2D eigenvalue weighted by Gasteiger charge is -2.12. The SMILES string of the molecule is COc1cc(C)ccc1OCCOc1ccc2ccccc2c1. The highest BCUT2D eigenvalue weighted by Crippen LogP contribution is 2.27. The van der Waals surface area contributed by atoms with Crippen LogP contribution in [-0.2, 0) is 0 Å². The van der Waals surface area contributed by atoms with Crippen LogP contribution >= 0.6 is 0 Å². The van der Waals surface area contributed by atoms with Crippen molar-refractivity contribution < 1.29 is 14.2 Å². The Morgan fingerprint density at radius 2 is 1.52 bits per heavy atom. The van der Waals surface area contributed by atoms with Crippen LogP contribution in [0.15, 0.2) is 60.7 Å². The average Bonchev–Trinajstić information content (AvgIpc) is 2.59. The Hall–Kier alpha value is -2.68. The number of methoxy groups -OCH3 is 1. The van der Waals surface area contributed by atoms with Crippen LogP contribution < -0.4 is 14.2 Å². The molecule has 3 rings (SSSR count). The quantitative estimate of drug-likeness (QED) is 0.622. The summed E-state index contributed by atoms with van der Waals surface area (Å²) in [5.74, 6) is 2.33. The second kappa shape index (κ2) is 7.05. The molecular formula is C20H20O3. The summed E-state index contributed by atoms with van der Waals surface area (Å²) in [5.41, 5.74) is 1.14. The lowest BCUT2D eigenvalue weighted by atomic mass is 10.1. The number of fused-ring (bicyclic) bond motifs is 1. The van der Waals surface area contributed by atoms with Crippen LogP contribution in [0, 0.1) is 6.92 Å². The number of hydrogen-bond donors (Lipinski definition) is 0. The molecule has 118 valence electrons. The molecule has 0 aromatic heterocycles. The number of ether oxygens (including phenoxy) is 3. The van der Waals surface area contributed by atoms with Crippen molar-refractivity contribution in [3.8, 4) is 17.2 Å². The summed E-state index contributed by atoms with van der Waals surface area (Å²) in [6.07, 6.45) is 0. The van der Waals surface area contributed by atoms with E-state index in [0.717, 1.165) is 22.8 Å². The van der Waals surface area contributed by atoms with Gasteiger partial charge in [0, 0.05) is 0 Å². The Morgan fingerprint density at radius 1 is 0.739 bits per heavy atom. The molecule has 23 heavy (non-hydrogen) atoms. The predicted octanol–water partition coefficient (Wildman–Crippen LogP) is 4.61. The lowest BCUT2D eigenvalue weighted by Crippen LogP contribution is -2.09. The topological polar surface area (TPSA) is 27.7 Å². The molecule has 0 radical (unpaired) electrons. The van der Waals surface area contributed by atoms with Gasteiger partial charge in [-0.05, 0) is 47.5 Å². The number of hydrogen-bond acceptors (Lipinski definition) is 3. The van der Waals surface area contributed by atoms with E-state index in [9.17, 15) is 0 Å². The van der Waals surface area contributed by atoms with Gasteiger partial charge in [-0.3, -0.25) is 0 Å². The Labute approximate surface area is 136 Å². The Morgan fingerprint density at radius 3 is 2.35 bits per heavy atom. The Kier molecular flexibility index (Phi) is 4.67. The van der Waals surface area contributed by atoms with E-state index in [2.05, 4.69) is 18.2 Å². The first-order valence-electron chi connectivity index (χ1n) is 7.65. The molecule has 0 heterocycles. The molecule has 0 unspecified atom stereocenters. The molecule has 3 nitrogen and oxygen atoms in total. The maximum atomic E-state index is 5.77. The highest BCUT2D eigenvalue weighted by molar-refractivity contribution is 5.83. The van der Waals surface area contributed by atoms with Crippen molar-refractivity contribution in [2.45, 2.75) is 6.92 Å². The van der Waals surface area contributed by atoms with Gasteiger partial charge in [-0.1, -0.05) is 36.4 Å². The van der Waals surface area contributed by atoms with E-state index in [4.69, 9.17) is 14.2 Å². The van der Waals surface area contributed by atoms with Crippen molar-refractivity contribution in [3.63, 3.8) is 0 Å². The van der Waals surface area contributed by atoms with Crippen molar-refractivity contribution in [3.05, 3.63) is 66.2 Å². The van der Waals surface area contributed by atoms with Crippen LogP contribution in [0.2, 0.25) is 0 Å². The molecular weight excluding hydrogens is 288 g/mol. The summed E-state index contributed by atoms with van der Waals surface area (Å²) in [6, 6.07) is 20.2. The van der Waals surface area contributed by atoms with Gasteiger partial charge >= 0.3 is 0 Å². The smallest absolute Gasteiger partial charge is 0.161 e. The summed E-state index contributed by atoms with van der Waals surface area (Å²) < 4.78 is 16.8. The molecule has 0 spiro atoms. The van der Waals surface area contributed by atoms with E-state index in [1.807, 2.05) is 49.4 Å². The highest BCUT2D eigenvalue weighted by Gasteiger charge is 2.04. The Balaban J connectivity index is 1.56. The van der Waals surface area contributed by atoms with Crippen molar-refractivity contribution >= 4 is 10.8 Å². The van der Waals surface area contributed by atoms with Crippen LogP contribution in [0.3, 0.4) is 0 Å². The van der Waals surface area contributed by atoms with E-state index >= 15 is 0 Å². The summed E-state index contributed by atoms with van der Waals surface area (Å²) in [5, 5.41) is 2.38. The fourth-order valence-corrected chi connectivity index (χ4v) is 2.46. The molecule has 3 aromatic rings. The minimum Gasteiger partial charge on any atom is -0.493 e. The first-order valence-corrected chi connectivity index (χ1v) is 7.65. The highest BCUT2D eigenvalue weighted by atomic mass is 16.5. The molecule has 0 saturated carbocycles. The van der Waals surface area contributed by atoms with Gasteiger partial charge in [-0.2, -0.15) is 0 Å². The third kappa shape index (κ3) is 3.75. The Bertz CT molecular complexity index is 796. The molecule has 0 atom stereocenters.